The summed E-state index contributed by atoms with van der Waals surface area (Å²) in [4.78, 5) is 25.8. The zero-order chi connectivity index (χ0) is 13.9. The average molecular weight is 272 g/mol. The molecule has 2 fully saturated rings. The summed E-state index contributed by atoms with van der Waals surface area (Å²) < 4.78 is 0. The summed E-state index contributed by atoms with van der Waals surface area (Å²) in [6.45, 7) is 1.43. The molecule has 1 aliphatic heterocycles. The first kappa shape index (κ1) is 13.3. The molecule has 4 heteroatoms. The topological polar surface area (TPSA) is 49.4 Å². The Kier molecular flexibility index (Phi) is 3.83. The fourth-order valence-corrected chi connectivity index (χ4v) is 2.69. The zero-order valence-corrected chi connectivity index (χ0v) is 11.5. The summed E-state index contributed by atoms with van der Waals surface area (Å²) in [7, 11) is 0. The average Bonchev–Trinajstić information content (AvgIpc) is 3.24. The van der Waals surface area contributed by atoms with E-state index >= 15 is 0 Å². The predicted molar refractivity (Wildman–Crippen MR) is 76.2 cm³/mol. The first-order valence-corrected chi connectivity index (χ1v) is 7.38. The number of carbonyl (C=O) groups is 2. The number of amides is 2. The number of carbonyl (C=O) groups excluding carboxylic acids is 2. The Bertz CT molecular complexity index is 496. The highest BCUT2D eigenvalue weighted by molar-refractivity contribution is 6.06. The molecule has 1 saturated carbocycles. The van der Waals surface area contributed by atoms with Gasteiger partial charge < -0.3 is 5.32 Å². The van der Waals surface area contributed by atoms with Crippen LogP contribution in [0.3, 0.4) is 0 Å². The molecule has 1 aliphatic carbocycles. The van der Waals surface area contributed by atoms with Gasteiger partial charge in [-0.3, -0.25) is 14.5 Å². The van der Waals surface area contributed by atoms with Crippen LogP contribution in [0, 0.1) is 0 Å². The van der Waals surface area contributed by atoms with Crippen molar-refractivity contribution in [1.82, 2.24) is 10.2 Å². The monoisotopic (exact) mass is 272 g/mol. The highest BCUT2D eigenvalue weighted by atomic mass is 16.2. The number of benzene rings is 1. The fraction of sp³-hybridized carbons (Fsp3) is 0.500. The van der Waals surface area contributed by atoms with E-state index in [1.165, 1.54) is 17.7 Å². The number of likely N-dealkylation sites (tertiary alicyclic amines) is 1. The second-order valence-electron chi connectivity index (χ2n) is 5.63. The van der Waals surface area contributed by atoms with Crippen LogP contribution < -0.4 is 5.32 Å². The highest BCUT2D eigenvalue weighted by Crippen LogP contribution is 2.29. The summed E-state index contributed by atoms with van der Waals surface area (Å²) >= 11 is 0. The second-order valence-corrected chi connectivity index (χ2v) is 5.63. The SMILES string of the molecule is O=C1CC(c2ccccc2)C(=O)N1CCCNC1CC1. The summed E-state index contributed by atoms with van der Waals surface area (Å²) in [6.07, 6.45) is 3.68. The molecule has 1 unspecified atom stereocenters. The fourth-order valence-electron chi connectivity index (χ4n) is 2.69. The van der Waals surface area contributed by atoms with Gasteiger partial charge in [0.2, 0.25) is 11.8 Å². The minimum Gasteiger partial charge on any atom is -0.314 e. The molecule has 20 heavy (non-hydrogen) atoms. The van der Waals surface area contributed by atoms with Crippen molar-refractivity contribution in [2.45, 2.75) is 37.6 Å². The molecule has 1 N–H and O–H groups in total. The number of rotatable bonds is 6. The van der Waals surface area contributed by atoms with E-state index in [1.54, 1.807) is 0 Å². The largest absolute Gasteiger partial charge is 0.314 e. The molecule has 106 valence electrons. The van der Waals surface area contributed by atoms with Gasteiger partial charge in [0.25, 0.3) is 0 Å². The third kappa shape index (κ3) is 2.90. The van der Waals surface area contributed by atoms with Crippen LogP contribution in [0.5, 0.6) is 0 Å². The molecule has 1 aromatic carbocycles. The molecular weight excluding hydrogens is 252 g/mol. The van der Waals surface area contributed by atoms with Crippen molar-refractivity contribution >= 4 is 11.8 Å². The van der Waals surface area contributed by atoms with E-state index in [1.807, 2.05) is 30.3 Å². The van der Waals surface area contributed by atoms with Crippen molar-refractivity contribution in [1.29, 1.82) is 0 Å². The molecule has 2 amide bonds. The van der Waals surface area contributed by atoms with E-state index in [9.17, 15) is 9.59 Å². The van der Waals surface area contributed by atoms with Gasteiger partial charge >= 0.3 is 0 Å². The van der Waals surface area contributed by atoms with Crippen molar-refractivity contribution in [3.05, 3.63) is 35.9 Å². The van der Waals surface area contributed by atoms with Crippen LogP contribution >= 0.6 is 0 Å². The first-order valence-electron chi connectivity index (χ1n) is 7.38. The van der Waals surface area contributed by atoms with Gasteiger partial charge in [-0.15, -0.1) is 0 Å². The minimum atomic E-state index is -0.278. The Morgan fingerprint density at radius 3 is 2.60 bits per heavy atom. The van der Waals surface area contributed by atoms with Gasteiger partial charge in [-0.2, -0.15) is 0 Å². The van der Waals surface area contributed by atoms with Gasteiger partial charge in [0.15, 0.2) is 0 Å². The maximum atomic E-state index is 12.3. The second kappa shape index (κ2) is 5.75. The van der Waals surface area contributed by atoms with E-state index in [0.717, 1.165) is 18.5 Å². The molecule has 0 spiro atoms. The molecule has 0 bridgehead atoms. The van der Waals surface area contributed by atoms with E-state index in [0.29, 0.717) is 19.0 Å². The van der Waals surface area contributed by atoms with Gasteiger partial charge in [-0.25, -0.2) is 0 Å². The third-order valence-electron chi connectivity index (χ3n) is 4.01. The van der Waals surface area contributed by atoms with Crippen molar-refractivity contribution in [3.8, 4) is 0 Å². The number of hydrogen-bond acceptors (Lipinski definition) is 3. The molecule has 1 atom stereocenters. The maximum Gasteiger partial charge on any atom is 0.237 e. The van der Waals surface area contributed by atoms with E-state index in [-0.39, 0.29) is 17.7 Å². The van der Waals surface area contributed by atoms with E-state index < -0.39 is 0 Å². The molecule has 0 aromatic heterocycles. The Balaban J connectivity index is 1.55. The predicted octanol–water partition coefficient (Wildman–Crippen LogP) is 1.67. The maximum absolute atomic E-state index is 12.3. The van der Waals surface area contributed by atoms with Crippen molar-refractivity contribution < 1.29 is 9.59 Å². The van der Waals surface area contributed by atoms with Gasteiger partial charge in [0.05, 0.1) is 5.92 Å². The number of imide groups is 1. The van der Waals surface area contributed by atoms with Crippen LogP contribution in [-0.2, 0) is 9.59 Å². The third-order valence-corrected chi connectivity index (χ3v) is 4.01. The molecule has 3 rings (SSSR count). The lowest BCUT2D eigenvalue weighted by Gasteiger charge is -2.15. The summed E-state index contributed by atoms with van der Waals surface area (Å²) in [6, 6.07) is 10.3. The molecule has 1 heterocycles. The van der Waals surface area contributed by atoms with Crippen molar-refractivity contribution in [2.75, 3.05) is 13.1 Å². The Morgan fingerprint density at radius 1 is 1.15 bits per heavy atom. The Morgan fingerprint density at radius 2 is 1.90 bits per heavy atom. The minimum absolute atomic E-state index is 0.0322. The van der Waals surface area contributed by atoms with Crippen LogP contribution in [-0.4, -0.2) is 35.8 Å². The molecule has 0 radical (unpaired) electrons. The zero-order valence-electron chi connectivity index (χ0n) is 11.5. The lowest BCUT2D eigenvalue weighted by molar-refractivity contribution is -0.138. The standard InChI is InChI=1S/C16H20N2O2/c19-15-11-14(12-5-2-1-3-6-12)16(20)18(15)10-4-9-17-13-7-8-13/h1-3,5-6,13-14,17H,4,7-11H2. The quantitative estimate of drug-likeness (QED) is 0.633. The smallest absolute Gasteiger partial charge is 0.237 e. The van der Waals surface area contributed by atoms with Crippen LogP contribution in [0.2, 0.25) is 0 Å². The molecular formula is C16H20N2O2. The summed E-state index contributed by atoms with van der Waals surface area (Å²) in [5, 5.41) is 3.40. The van der Waals surface area contributed by atoms with Gasteiger partial charge in [0.1, 0.15) is 0 Å². The molecule has 1 aromatic rings. The van der Waals surface area contributed by atoms with Crippen LogP contribution in [0.15, 0.2) is 30.3 Å². The van der Waals surface area contributed by atoms with Crippen LogP contribution in [0.25, 0.3) is 0 Å². The Labute approximate surface area is 119 Å². The Hall–Kier alpha value is -1.68. The molecule has 2 aliphatic rings. The van der Waals surface area contributed by atoms with Gasteiger partial charge in [-0.05, 0) is 31.4 Å². The van der Waals surface area contributed by atoms with E-state index in [4.69, 9.17) is 0 Å². The number of nitrogens with zero attached hydrogens (tertiary/aromatic N) is 1. The van der Waals surface area contributed by atoms with Crippen LogP contribution in [0.4, 0.5) is 0 Å². The summed E-state index contributed by atoms with van der Waals surface area (Å²) in [5.41, 5.74) is 0.949. The number of hydrogen-bond donors (Lipinski definition) is 1. The van der Waals surface area contributed by atoms with Gasteiger partial charge in [0, 0.05) is 19.0 Å². The highest BCUT2D eigenvalue weighted by Gasteiger charge is 2.38. The van der Waals surface area contributed by atoms with Gasteiger partial charge in [-0.1, -0.05) is 30.3 Å². The normalized spacial score (nSPS) is 22.6. The lowest BCUT2D eigenvalue weighted by Crippen LogP contribution is -2.33. The molecule has 4 nitrogen and oxygen atoms in total. The molecule has 1 saturated heterocycles. The van der Waals surface area contributed by atoms with Crippen molar-refractivity contribution in [3.63, 3.8) is 0 Å². The van der Waals surface area contributed by atoms with E-state index in [2.05, 4.69) is 5.32 Å². The first-order chi connectivity index (χ1) is 9.75. The summed E-state index contributed by atoms with van der Waals surface area (Å²) in [5.74, 6) is -0.344. The van der Waals surface area contributed by atoms with Crippen molar-refractivity contribution in [2.24, 2.45) is 0 Å². The van der Waals surface area contributed by atoms with Crippen LogP contribution in [0.1, 0.15) is 37.2 Å². The lowest BCUT2D eigenvalue weighted by atomic mass is 9.98. The number of nitrogens with one attached hydrogen (secondary N) is 1.